The molecular formula is C16H15FN4. The minimum atomic E-state index is -0.434. The van der Waals surface area contributed by atoms with Crippen molar-refractivity contribution in [3.05, 3.63) is 71.3 Å². The molecule has 3 aromatic rings. The molecule has 21 heavy (non-hydrogen) atoms. The van der Waals surface area contributed by atoms with Crippen molar-refractivity contribution in [1.29, 1.82) is 0 Å². The molecule has 4 nitrogen and oxygen atoms in total. The zero-order valence-electron chi connectivity index (χ0n) is 11.5. The summed E-state index contributed by atoms with van der Waals surface area (Å²) in [6, 6.07) is 7.72. The van der Waals surface area contributed by atoms with Gasteiger partial charge in [-0.3, -0.25) is 4.68 Å². The van der Waals surface area contributed by atoms with Gasteiger partial charge in [0, 0.05) is 30.6 Å². The fourth-order valence-electron chi connectivity index (χ4n) is 3.23. The highest BCUT2D eigenvalue weighted by molar-refractivity contribution is 5.44. The molecule has 1 aliphatic rings. The molecule has 0 saturated carbocycles. The average molecular weight is 282 g/mol. The molecule has 1 unspecified atom stereocenters. The summed E-state index contributed by atoms with van der Waals surface area (Å²) < 4.78 is 14.7. The summed E-state index contributed by atoms with van der Waals surface area (Å²) in [5, 5.41) is 3.83. The van der Waals surface area contributed by atoms with Gasteiger partial charge >= 0.3 is 0 Å². The van der Waals surface area contributed by atoms with Gasteiger partial charge in [0.25, 0.3) is 0 Å². The Bertz CT molecular complexity index is 760. The van der Waals surface area contributed by atoms with Crippen molar-refractivity contribution in [2.75, 3.05) is 0 Å². The van der Waals surface area contributed by atoms with E-state index in [4.69, 9.17) is 0 Å². The van der Waals surface area contributed by atoms with Crippen molar-refractivity contribution in [2.24, 2.45) is 0 Å². The van der Waals surface area contributed by atoms with Crippen molar-refractivity contribution < 1.29 is 4.39 Å². The number of imidazole rings is 1. The maximum Gasteiger partial charge on any atom is 0.232 e. The van der Waals surface area contributed by atoms with Gasteiger partial charge in [-0.15, -0.1) is 5.10 Å². The Labute approximate surface area is 121 Å². The zero-order valence-corrected chi connectivity index (χ0v) is 11.5. The number of H-pyrrole nitrogens is 1. The summed E-state index contributed by atoms with van der Waals surface area (Å²) in [7, 11) is 0. The van der Waals surface area contributed by atoms with Crippen LogP contribution < -0.4 is 0 Å². The second-order valence-corrected chi connectivity index (χ2v) is 5.39. The Hall–Kier alpha value is -2.43. The third-order valence-electron chi connectivity index (χ3n) is 4.16. The maximum atomic E-state index is 13.0. The van der Waals surface area contributed by atoms with Crippen LogP contribution in [0.2, 0.25) is 0 Å². The highest BCUT2D eigenvalue weighted by atomic mass is 19.1. The lowest BCUT2D eigenvalue weighted by Crippen LogP contribution is -2.04. The molecule has 1 aliphatic carbocycles. The first kappa shape index (κ1) is 12.3. The molecule has 0 fully saturated rings. The lowest BCUT2D eigenvalue weighted by atomic mass is 9.98. The van der Waals surface area contributed by atoms with Gasteiger partial charge in [-0.05, 0) is 29.5 Å². The summed E-state index contributed by atoms with van der Waals surface area (Å²) in [4.78, 5) is 7.61. The summed E-state index contributed by atoms with van der Waals surface area (Å²) in [6.45, 7) is 0.609. The second kappa shape index (κ2) is 4.84. The van der Waals surface area contributed by atoms with Crippen LogP contribution in [0, 0.1) is 5.95 Å². The number of benzene rings is 1. The van der Waals surface area contributed by atoms with E-state index in [9.17, 15) is 4.39 Å². The van der Waals surface area contributed by atoms with E-state index in [1.165, 1.54) is 22.8 Å². The third-order valence-corrected chi connectivity index (χ3v) is 4.16. The SMILES string of the molecule is Fc1ccn(Cc2cccc3c2CCC3c2ncc[nH]2)n1. The Morgan fingerprint density at radius 2 is 2.29 bits per heavy atom. The minimum absolute atomic E-state index is 0.337. The molecule has 0 saturated heterocycles. The minimum Gasteiger partial charge on any atom is -0.348 e. The van der Waals surface area contributed by atoms with E-state index in [1.807, 2.05) is 6.20 Å². The number of hydrogen-bond acceptors (Lipinski definition) is 2. The average Bonchev–Trinajstić information content (AvgIpc) is 3.18. The summed E-state index contributed by atoms with van der Waals surface area (Å²) >= 11 is 0. The van der Waals surface area contributed by atoms with E-state index in [-0.39, 0.29) is 0 Å². The molecular weight excluding hydrogens is 267 g/mol. The molecule has 1 N–H and O–H groups in total. The van der Waals surface area contributed by atoms with Gasteiger partial charge in [0.1, 0.15) is 5.82 Å². The molecule has 0 bridgehead atoms. The summed E-state index contributed by atoms with van der Waals surface area (Å²) in [5.74, 6) is 0.927. The Morgan fingerprint density at radius 3 is 3.05 bits per heavy atom. The van der Waals surface area contributed by atoms with E-state index in [1.54, 1.807) is 17.1 Å². The summed E-state index contributed by atoms with van der Waals surface area (Å²) in [5.41, 5.74) is 3.90. The lowest BCUT2D eigenvalue weighted by molar-refractivity contribution is 0.539. The van der Waals surface area contributed by atoms with Gasteiger partial charge in [-0.25, -0.2) is 4.98 Å². The van der Waals surface area contributed by atoms with E-state index in [0.717, 1.165) is 18.7 Å². The highest BCUT2D eigenvalue weighted by Crippen LogP contribution is 2.38. The summed E-state index contributed by atoms with van der Waals surface area (Å²) in [6.07, 6.45) is 7.43. The van der Waals surface area contributed by atoms with Crippen LogP contribution in [-0.2, 0) is 13.0 Å². The zero-order chi connectivity index (χ0) is 14.2. The first-order valence-corrected chi connectivity index (χ1v) is 7.10. The fourth-order valence-corrected chi connectivity index (χ4v) is 3.23. The molecule has 1 aromatic carbocycles. The number of aromatic nitrogens is 4. The monoisotopic (exact) mass is 282 g/mol. The van der Waals surface area contributed by atoms with Gasteiger partial charge in [0.05, 0.1) is 6.54 Å². The topological polar surface area (TPSA) is 46.5 Å². The molecule has 4 rings (SSSR count). The predicted molar refractivity (Wildman–Crippen MR) is 76.5 cm³/mol. The van der Waals surface area contributed by atoms with Crippen LogP contribution >= 0.6 is 0 Å². The van der Waals surface area contributed by atoms with Crippen molar-refractivity contribution >= 4 is 0 Å². The smallest absolute Gasteiger partial charge is 0.232 e. The molecule has 0 aliphatic heterocycles. The van der Waals surface area contributed by atoms with Crippen molar-refractivity contribution in [1.82, 2.24) is 19.7 Å². The Kier molecular flexibility index (Phi) is 2.84. The van der Waals surface area contributed by atoms with Gasteiger partial charge in [-0.1, -0.05) is 18.2 Å². The van der Waals surface area contributed by atoms with Crippen molar-refractivity contribution in [3.8, 4) is 0 Å². The number of nitrogens with one attached hydrogen (secondary N) is 1. The molecule has 1 atom stereocenters. The number of hydrogen-bond donors (Lipinski definition) is 1. The van der Waals surface area contributed by atoms with Crippen LogP contribution in [0.4, 0.5) is 4.39 Å². The van der Waals surface area contributed by atoms with Crippen LogP contribution in [0.5, 0.6) is 0 Å². The highest BCUT2D eigenvalue weighted by Gasteiger charge is 2.27. The number of fused-ring (bicyclic) bond motifs is 1. The second-order valence-electron chi connectivity index (χ2n) is 5.39. The first-order valence-electron chi connectivity index (χ1n) is 7.10. The number of nitrogens with zero attached hydrogens (tertiary/aromatic N) is 3. The van der Waals surface area contributed by atoms with Crippen molar-refractivity contribution in [3.63, 3.8) is 0 Å². The maximum absolute atomic E-state index is 13.0. The van der Waals surface area contributed by atoms with Gasteiger partial charge in [0.15, 0.2) is 0 Å². The van der Waals surface area contributed by atoms with Crippen LogP contribution in [0.15, 0.2) is 42.9 Å². The van der Waals surface area contributed by atoms with Crippen LogP contribution in [-0.4, -0.2) is 19.7 Å². The van der Waals surface area contributed by atoms with Gasteiger partial charge in [-0.2, -0.15) is 4.39 Å². The third kappa shape index (κ3) is 2.14. The quantitative estimate of drug-likeness (QED) is 0.803. The Morgan fingerprint density at radius 1 is 1.33 bits per heavy atom. The van der Waals surface area contributed by atoms with Gasteiger partial charge in [0.2, 0.25) is 5.95 Å². The lowest BCUT2D eigenvalue weighted by Gasteiger charge is -2.11. The number of aromatic amines is 1. The van der Waals surface area contributed by atoms with Crippen LogP contribution in [0.1, 0.15) is 34.9 Å². The largest absolute Gasteiger partial charge is 0.348 e. The van der Waals surface area contributed by atoms with E-state index in [2.05, 4.69) is 33.3 Å². The van der Waals surface area contributed by atoms with Crippen LogP contribution in [0.3, 0.4) is 0 Å². The normalized spacial score (nSPS) is 17.1. The van der Waals surface area contributed by atoms with E-state index in [0.29, 0.717) is 12.5 Å². The first-order chi connectivity index (χ1) is 10.3. The fraction of sp³-hybridized carbons (Fsp3) is 0.250. The molecule has 106 valence electrons. The molecule has 2 heterocycles. The Balaban J connectivity index is 1.69. The molecule has 2 aromatic heterocycles. The molecule has 0 amide bonds. The van der Waals surface area contributed by atoms with Gasteiger partial charge < -0.3 is 4.98 Å². The predicted octanol–water partition coefficient (Wildman–Crippen LogP) is 2.87. The van der Waals surface area contributed by atoms with E-state index < -0.39 is 5.95 Å². The number of halogens is 1. The standard InChI is InChI=1S/C16H15FN4/c17-15-6-9-21(20-15)10-11-2-1-3-13-12(11)4-5-14(13)16-18-7-8-19-16/h1-3,6-9,14H,4-5,10H2,(H,18,19). The molecule has 5 heteroatoms. The van der Waals surface area contributed by atoms with Crippen molar-refractivity contribution in [2.45, 2.75) is 25.3 Å². The number of rotatable bonds is 3. The molecule has 0 radical (unpaired) electrons. The van der Waals surface area contributed by atoms with E-state index >= 15 is 0 Å². The van der Waals surface area contributed by atoms with Crippen LogP contribution in [0.25, 0.3) is 0 Å². The molecule has 0 spiro atoms.